The van der Waals surface area contributed by atoms with Gasteiger partial charge >= 0.3 is 0 Å². The quantitative estimate of drug-likeness (QED) is 0.461. The van der Waals surface area contributed by atoms with Crippen molar-refractivity contribution in [2.45, 2.75) is 23.9 Å². The largest absolute Gasteiger partial charge is 0.378 e. The van der Waals surface area contributed by atoms with E-state index >= 15 is 0 Å². The minimum absolute atomic E-state index is 0.0500. The Morgan fingerprint density at radius 3 is 3.00 bits per heavy atom. The SMILES string of the molecule is C=CCn1c(S[C@H](C)C(=O)N2CCOCC2)nc2sccc2c1=O. The first kappa shape index (κ1) is 17.2. The summed E-state index contributed by atoms with van der Waals surface area (Å²) in [6, 6.07) is 1.78. The van der Waals surface area contributed by atoms with Crippen molar-refractivity contribution in [2.75, 3.05) is 26.3 Å². The number of carbonyl (C=O) groups is 1. The van der Waals surface area contributed by atoms with Gasteiger partial charge in [-0.3, -0.25) is 14.2 Å². The second-order valence-corrected chi connectivity index (χ2v) is 7.64. The maximum Gasteiger partial charge on any atom is 0.263 e. The predicted octanol–water partition coefficient (Wildman–Crippen LogP) is 1.98. The molecule has 0 radical (unpaired) electrons. The van der Waals surface area contributed by atoms with Crippen LogP contribution in [0.25, 0.3) is 10.2 Å². The summed E-state index contributed by atoms with van der Waals surface area (Å²) in [5.74, 6) is 0.0500. The zero-order valence-corrected chi connectivity index (χ0v) is 15.1. The molecule has 3 rings (SSSR count). The van der Waals surface area contributed by atoms with Crippen LogP contribution >= 0.6 is 23.1 Å². The number of carbonyl (C=O) groups excluding carboxylic acids is 1. The molecule has 0 aliphatic carbocycles. The van der Waals surface area contributed by atoms with E-state index in [2.05, 4.69) is 11.6 Å². The molecule has 0 saturated carbocycles. The molecule has 1 amide bonds. The maximum absolute atomic E-state index is 12.6. The standard InChI is InChI=1S/C16H19N3O3S2/c1-3-5-19-15(21)12-4-10-23-13(12)17-16(19)24-11(2)14(20)18-6-8-22-9-7-18/h3-4,10-11H,1,5-9H2,2H3/t11-/m1/s1. The summed E-state index contributed by atoms with van der Waals surface area (Å²) >= 11 is 2.75. The topological polar surface area (TPSA) is 64.4 Å². The van der Waals surface area contributed by atoms with E-state index in [-0.39, 0.29) is 16.7 Å². The molecule has 6 nitrogen and oxygen atoms in total. The molecular formula is C16H19N3O3S2. The number of hydrogen-bond acceptors (Lipinski definition) is 6. The molecule has 0 N–H and O–H groups in total. The van der Waals surface area contributed by atoms with Crippen molar-refractivity contribution in [1.29, 1.82) is 0 Å². The van der Waals surface area contributed by atoms with Gasteiger partial charge in [-0.25, -0.2) is 4.98 Å². The Hall–Kier alpha value is -1.64. The average molecular weight is 365 g/mol. The molecule has 1 saturated heterocycles. The number of ether oxygens (including phenoxy) is 1. The maximum atomic E-state index is 12.6. The molecule has 0 bridgehead atoms. The van der Waals surface area contributed by atoms with Crippen molar-refractivity contribution in [3.63, 3.8) is 0 Å². The molecular weight excluding hydrogens is 346 g/mol. The Bertz CT molecular complexity index is 808. The fraction of sp³-hybridized carbons (Fsp3) is 0.438. The summed E-state index contributed by atoms with van der Waals surface area (Å²) in [6.45, 7) is 8.31. The molecule has 0 aromatic carbocycles. The van der Waals surface area contributed by atoms with Crippen LogP contribution in [0, 0.1) is 0 Å². The minimum atomic E-state index is -0.316. The number of allylic oxidation sites excluding steroid dienone is 1. The third-order valence-corrected chi connectivity index (χ3v) is 5.70. The number of thiophene rings is 1. The Labute approximate surface area is 148 Å². The van der Waals surface area contributed by atoms with E-state index < -0.39 is 0 Å². The number of hydrogen-bond donors (Lipinski definition) is 0. The van der Waals surface area contributed by atoms with E-state index in [1.807, 2.05) is 12.3 Å². The van der Waals surface area contributed by atoms with Crippen LogP contribution in [0.2, 0.25) is 0 Å². The summed E-state index contributed by atoms with van der Waals surface area (Å²) in [6.07, 6.45) is 1.67. The highest BCUT2D eigenvalue weighted by Crippen LogP contribution is 2.25. The molecule has 128 valence electrons. The van der Waals surface area contributed by atoms with Crippen molar-refractivity contribution >= 4 is 39.2 Å². The second-order valence-electron chi connectivity index (χ2n) is 5.44. The van der Waals surface area contributed by atoms with Gasteiger partial charge in [0.05, 0.1) is 23.8 Å². The molecule has 2 aromatic rings. The Balaban J connectivity index is 1.87. The van der Waals surface area contributed by atoms with Gasteiger partial charge in [0, 0.05) is 19.6 Å². The lowest BCUT2D eigenvalue weighted by Crippen LogP contribution is -2.44. The highest BCUT2D eigenvalue weighted by atomic mass is 32.2. The number of amides is 1. The van der Waals surface area contributed by atoms with Crippen molar-refractivity contribution < 1.29 is 9.53 Å². The molecule has 1 fully saturated rings. The number of fused-ring (bicyclic) bond motifs is 1. The van der Waals surface area contributed by atoms with Crippen molar-refractivity contribution in [3.05, 3.63) is 34.5 Å². The molecule has 3 heterocycles. The lowest BCUT2D eigenvalue weighted by molar-refractivity contribution is -0.134. The fourth-order valence-electron chi connectivity index (χ4n) is 2.56. The van der Waals surface area contributed by atoms with E-state index in [9.17, 15) is 9.59 Å². The summed E-state index contributed by atoms with van der Waals surface area (Å²) in [5, 5.41) is 2.71. The van der Waals surface area contributed by atoms with Gasteiger partial charge in [0.25, 0.3) is 5.56 Å². The van der Waals surface area contributed by atoms with Crippen LogP contribution in [-0.2, 0) is 16.1 Å². The molecule has 1 aliphatic heterocycles. The highest BCUT2D eigenvalue weighted by Gasteiger charge is 2.25. The van der Waals surface area contributed by atoms with Gasteiger partial charge in [0.2, 0.25) is 5.91 Å². The second kappa shape index (κ2) is 7.50. The van der Waals surface area contributed by atoms with Gasteiger partial charge in [0.1, 0.15) is 4.83 Å². The summed E-state index contributed by atoms with van der Waals surface area (Å²) < 4.78 is 6.87. The van der Waals surface area contributed by atoms with E-state index in [1.54, 1.807) is 21.6 Å². The monoisotopic (exact) mass is 365 g/mol. The number of rotatable bonds is 5. The van der Waals surface area contributed by atoms with Crippen LogP contribution in [0.1, 0.15) is 6.92 Å². The molecule has 0 spiro atoms. The summed E-state index contributed by atoms with van der Waals surface area (Å²) in [7, 11) is 0. The van der Waals surface area contributed by atoms with E-state index in [0.29, 0.717) is 48.2 Å². The molecule has 2 aromatic heterocycles. The minimum Gasteiger partial charge on any atom is -0.378 e. The lowest BCUT2D eigenvalue weighted by atomic mass is 10.3. The first-order chi connectivity index (χ1) is 11.6. The lowest BCUT2D eigenvalue weighted by Gasteiger charge is -2.29. The smallest absolute Gasteiger partial charge is 0.263 e. The highest BCUT2D eigenvalue weighted by molar-refractivity contribution is 8.00. The summed E-state index contributed by atoms with van der Waals surface area (Å²) in [5.41, 5.74) is -0.0883. The third kappa shape index (κ3) is 3.40. The van der Waals surface area contributed by atoms with Crippen molar-refractivity contribution in [1.82, 2.24) is 14.5 Å². The van der Waals surface area contributed by atoms with Gasteiger partial charge in [0.15, 0.2) is 5.16 Å². The van der Waals surface area contributed by atoms with E-state index in [4.69, 9.17) is 4.74 Å². The van der Waals surface area contributed by atoms with Crippen LogP contribution < -0.4 is 5.56 Å². The third-order valence-electron chi connectivity index (χ3n) is 3.81. The van der Waals surface area contributed by atoms with Gasteiger partial charge in [-0.1, -0.05) is 17.8 Å². The number of nitrogens with zero attached hydrogens (tertiary/aromatic N) is 3. The Morgan fingerprint density at radius 1 is 1.54 bits per heavy atom. The Morgan fingerprint density at radius 2 is 2.29 bits per heavy atom. The average Bonchev–Trinajstić information content (AvgIpc) is 3.07. The summed E-state index contributed by atoms with van der Waals surface area (Å²) in [4.78, 5) is 32.3. The Kier molecular flexibility index (Phi) is 5.37. The molecule has 1 atom stereocenters. The van der Waals surface area contributed by atoms with Crippen LogP contribution in [0.5, 0.6) is 0 Å². The number of morpholine rings is 1. The van der Waals surface area contributed by atoms with Crippen molar-refractivity contribution in [3.8, 4) is 0 Å². The first-order valence-corrected chi connectivity index (χ1v) is 9.50. The zero-order valence-electron chi connectivity index (χ0n) is 13.4. The van der Waals surface area contributed by atoms with E-state index in [1.165, 1.54) is 23.1 Å². The normalized spacial score (nSPS) is 16.3. The van der Waals surface area contributed by atoms with Crippen LogP contribution in [-0.4, -0.2) is 51.9 Å². The number of aromatic nitrogens is 2. The van der Waals surface area contributed by atoms with Crippen LogP contribution in [0.15, 0.2) is 34.1 Å². The zero-order chi connectivity index (χ0) is 17.1. The van der Waals surface area contributed by atoms with Gasteiger partial charge in [-0.15, -0.1) is 17.9 Å². The number of thioether (sulfide) groups is 1. The van der Waals surface area contributed by atoms with Gasteiger partial charge < -0.3 is 9.64 Å². The fourth-order valence-corrected chi connectivity index (χ4v) is 4.37. The molecule has 8 heteroatoms. The molecule has 0 unspecified atom stereocenters. The van der Waals surface area contributed by atoms with E-state index in [0.717, 1.165) is 0 Å². The van der Waals surface area contributed by atoms with Crippen LogP contribution in [0.4, 0.5) is 0 Å². The van der Waals surface area contributed by atoms with Gasteiger partial charge in [-0.2, -0.15) is 0 Å². The van der Waals surface area contributed by atoms with Crippen molar-refractivity contribution in [2.24, 2.45) is 0 Å². The van der Waals surface area contributed by atoms with Crippen LogP contribution in [0.3, 0.4) is 0 Å². The predicted molar refractivity (Wildman–Crippen MR) is 96.8 cm³/mol. The first-order valence-electron chi connectivity index (χ1n) is 7.74. The molecule has 24 heavy (non-hydrogen) atoms. The molecule has 1 aliphatic rings. The van der Waals surface area contributed by atoms with Gasteiger partial charge in [-0.05, 0) is 18.4 Å².